The van der Waals surface area contributed by atoms with Crippen molar-refractivity contribution in [1.82, 2.24) is 4.98 Å². The molecule has 2 atom stereocenters. The molecule has 0 saturated heterocycles. The fourth-order valence-corrected chi connectivity index (χ4v) is 4.64. The van der Waals surface area contributed by atoms with E-state index in [0.717, 1.165) is 35.3 Å². The molecule has 2 aliphatic rings. The minimum absolute atomic E-state index is 0.0611. The smallest absolute Gasteiger partial charge is 0.362 e. The molecule has 1 saturated carbocycles. The Morgan fingerprint density at radius 3 is 2.63 bits per heavy atom. The lowest BCUT2D eigenvalue weighted by Crippen LogP contribution is -2.60. The zero-order valence-corrected chi connectivity index (χ0v) is 15.6. The van der Waals surface area contributed by atoms with Crippen LogP contribution in [0.25, 0.3) is 11.3 Å². The molecule has 27 heavy (non-hydrogen) atoms. The number of hydrogen-bond donors (Lipinski definition) is 1. The van der Waals surface area contributed by atoms with E-state index in [1.807, 2.05) is 31.2 Å². The van der Waals surface area contributed by atoms with Crippen molar-refractivity contribution in [3.63, 3.8) is 0 Å². The Labute approximate surface area is 159 Å². The molecule has 1 aliphatic heterocycles. The predicted molar refractivity (Wildman–Crippen MR) is 99.8 cm³/mol. The summed E-state index contributed by atoms with van der Waals surface area (Å²) in [6.07, 6.45) is -1.76. The van der Waals surface area contributed by atoms with Gasteiger partial charge in [0.15, 0.2) is 0 Å². The van der Waals surface area contributed by atoms with E-state index < -0.39 is 17.8 Å². The predicted octanol–water partition coefficient (Wildman–Crippen LogP) is 5.13. The normalized spacial score (nSPS) is 25.9. The van der Waals surface area contributed by atoms with Gasteiger partial charge < -0.3 is 5.11 Å². The van der Waals surface area contributed by atoms with E-state index in [4.69, 9.17) is 0 Å². The van der Waals surface area contributed by atoms with Gasteiger partial charge in [0.05, 0.1) is 11.6 Å². The first-order valence-corrected chi connectivity index (χ1v) is 9.88. The van der Waals surface area contributed by atoms with Crippen LogP contribution in [-0.2, 0) is 0 Å². The molecule has 0 spiro atoms. The summed E-state index contributed by atoms with van der Waals surface area (Å²) < 4.78 is 41.9. The van der Waals surface area contributed by atoms with Crippen molar-refractivity contribution in [3.05, 3.63) is 35.2 Å². The van der Waals surface area contributed by atoms with Gasteiger partial charge in [-0.1, -0.05) is 42.7 Å². The molecular formula is C19H20F3N3OS. The molecule has 0 bridgehead atoms. The lowest BCUT2D eigenvalue weighted by molar-refractivity contribution is -0.268. The third kappa shape index (κ3) is 3.04. The number of alkyl halides is 3. The maximum atomic E-state index is 14.0. The number of thiazole rings is 1. The van der Waals surface area contributed by atoms with Gasteiger partial charge in [-0.2, -0.15) is 23.3 Å². The van der Waals surface area contributed by atoms with Gasteiger partial charge in [0.2, 0.25) is 5.13 Å². The maximum Gasteiger partial charge on any atom is 0.439 e. The number of benzene rings is 1. The maximum absolute atomic E-state index is 14.0. The van der Waals surface area contributed by atoms with E-state index in [2.05, 4.69) is 10.1 Å². The first-order valence-electron chi connectivity index (χ1n) is 9.00. The highest BCUT2D eigenvalue weighted by Crippen LogP contribution is 2.50. The van der Waals surface area contributed by atoms with Crippen LogP contribution in [0.4, 0.5) is 18.3 Å². The highest BCUT2D eigenvalue weighted by molar-refractivity contribution is 7.14. The van der Waals surface area contributed by atoms with E-state index in [1.54, 1.807) is 5.38 Å². The lowest BCUT2D eigenvalue weighted by Gasteiger charge is -2.37. The van der Waals surface area contributed by atoms with Crippen LogP contribution in [0.1, 0.15) is 37.7 Å². The van der Waals surface area contributed by atoms with E-state index in [1.165, 1.54) is 0 Å². The summed E-state index contributed by atoms with van der Waals surface area (Å²) in [6.45, 7) is 1.96. The number of nitrogens with zero attached hydrogens (tertiary/aromatic N) is 3. The quantitative estimate of drug-likeness (QED) is 0.767. The van der Waals surface area contributed by atoms with Crippen molar-refractivity contribution in [3.8, 4) is 11.3 Å². The van der Waals surface area contributed by atoms with Gasteiger partial charge in [-0.25, -0.2) is 4.98 Å². The Morgan fingerprint density at radius 2 is 1.93 bits per heavy atom. The zero-order chi connectivity index (χ0) is 19.2. The molecule has 1 aromatic carbocycles. The Kier molecular flexibility index (Phi) is 4.50. The molecule has 1 aliphatic carbocycles. The second-order valence-corrected chi connectivity index (χ2v) is 8.00. The largest absolute Gasteiger partial charge is 0.439 e. The van der Waals surface area contributed by atoms with Gasteiger partial charge in [-0.15, -0.1) is 11.3 Å². The molecule has 8 heteroatoms. The molecule has 144 valence electrons. The number of fused-ring (bicyclic) bond motifs is 1. The van der Waals surface area contributed by atoms with E-state index in [9.17, 15) is 18.3 Å². The Balaban J connectivity index is 1.74. The van der Waals surface area contributed by atoms with Gasteiger partial charge in [0, 0.05) is 16.7 Å². The summed E-state index contributed by atoms with van der Waals surface area (Å²) in [4.78, 5) is 4.36. The number of halogens is 3. The average Bonchev–Trinajstić information content (AvgIpc) is 3.11. The summed E-state index contributed by atoms with van der Waals surface area (Å²) in [6, 6.07) is 7.61. The molecule has 2 aromatic rings. The third-order valence-corrected chi connectivity index (χ3v) is 6.12. The standard InChI is InChI=1S/C19H20F3N3OS/c1-12-7-9-13(10-8-12)16-11-27-17(23-16)25-18(26,19(20,21)22)14-5-3-2-4-6-15(14)24-25/h7-11,14,26H,2-6H2,1H3. The summed E-state index contributed by atoms with van der Waals surface area (Å²) in [5, 5.41) is 17.5. The van der Waals surface area contributed by atoms with Gasteiger partial charge in [-0.05, 0) is 26.2 Å². The molecular weight excluding hydrogens is 375 g/mol. The van der Waals surface area contributed by atoms with E-state index in [0.29, 0.717) is 29.3 Å². The zero-order valence-electron chi connectivity index (χ0n) is 14.8. The molecule has 0 amide bonds. The number of aliphatic hydroxyl groups is 1. The number of aryl methyl sites for hydroxylation is 1. The van der Waals surface area contributed by atoms with E-state index >= 15 is 0 Å². The van der Waals surface area contributed by atoms with Crippen molar-refractivity contribution in [1.29, 1.82) is 0 Å². The molecule has 1 fully saturated rings. The van der Waals surface area contributed by atoms with Crippen LogP contribution in [0.15, 0.2) is 34.7 Å². The van der Waals surface area contributed by atoms with Gasteiger partial charge >= 0.3 is 6.18 Å². The fourth-order valence-electron chi connectivity index (χ4n) is 3.80. The van der Waals surface area contributed by atoms with Crippen LogP contribution < -0.4 is 5.01 Å². The fraction of sp³-hybridized carbons (Fsp3) is 0.474. The van der Waals surface area contributed by atoms with Crippen LogP contribution in [0.2, 0.25) is 0 Å². The molecule has 1 aromatic heterocycles. The van der Waals surface area contributed by atoms with Crippen molar-refractivity contribution in [2.45, 2.75) is 50.9 Å². The second kappa shape index (κ2) is 6.60. The summed E-state index contributed by atoms with van der Waals surface area (Å²) in [5.41, 5.74) is -0.118. The Bertz CT molecular complexity index is 862. The van der Waals surface area contributed by atoms with Gasteiger partial charge in [0.25, 0.3) is 5.72 Å². The Hall–Kier alpha value is -1.93. The molecule has 4 rings (SSSR count). The molecule has 1 N–H and O–H groups in total. The number of hydrazone groups is 1. The first-order chi connectivity index (χ1) is 12.8. The summed E-state index contributed by atoms with van der Waals surface area (Å²) in [7, 11) is 0. The van der Waals surface area contributed by atoms with Crippen molar-refractivity contribution in [2.24, 2.45) is 11.0 Å². The van der Waals surface area contributed by atoms with Crippen molar-refractivity contribution in [2.75, 3.05) is 5.01 Å². The van der Waals surface area contributed by atoms with Gasteiger partial charge in [0.1, 0.15) is 0 Å². The van der Waals surface area contributed by atoms with Crippen LogP contribution >= 0.6 is 11.3 Å². The van der Waals surface area contributed by atoms with Crippen LogP contribution in [-0.4, -0.2) is 27.7 Å². The molecule has 4 nitrogen and oxygen atoms in total. The number of aromatic nitrogens is 1. The van der Waals surface area contributed by atoms with Crippen LogP contribution in [0.5, 0.6) is 0 Å². The van der Waals surface area contributed by atoms with Crippen LogP contribution in [0, 0.1) is 12.8 Å². The number of hydrogen-bond acceptors (Lipinski definition) is 5. The summed E-state index contributed by atoms with van der Waals surface area (Å²) >= 11 is 1.06. The van der Waals surface area contributed by atoms with Crippen molar-refractivity contribution >= 4 is 22.2 Å². The van der Waals surface area contributed by atoms with E-state index in [-0.39, 0.29) is 11.6 Å². The number of anilines is 1. The van der Waals surface area contributed by atoms with Crippen LogP contribution in [0.3, 0.4) is 0 Å². The highest BCUT2D eigenvalue weighted by atomic mass is 32.1. The lowest BCUT2D eigenvalue weighted by atomic mass is 9.87. The Morgan fingerprint density at radius 1 is 1.19 bits per heavy atom. The van der Waals surface area contributed by atoms with Crippen molar-refractivity contribution < 1.29 is 18.3 Å². The molecule has 2 heterocycles. The molecule has 2 unspecified atom stereocenters. The minimum atomic E-state index is -4.83. The first kappa shape index (κ1) is 18.4. The van der Waals surface area contributed by atoms with Gasteiger partial charge in [-0.3, -0.25) is 0 Å². The number of rotatable bonds is 2. The summed E-state index contributed by atoms with van der Waals surface area (Å²) in [5.74, 6) is -1.04. The SMILES string of the molecule is Cc1ccc(-c2csc(N3N=C4CCCCCC4C3(O)C(F)(F)F)n2)cc1. The topological polar surface area (TPSA) is 48.7 Å². The highest BCUT2D eigenvalue weighted by Gasteiger charge is 2.67. The second-order valence-electron chi connectivity index (χ2n) is 7.16. The molecule has 0 radical (unpaired) electrons. The minimum Gasteiger partial charge on any atom is -0.362 e. The third-order valence-electron chi connectivity index (χ3n) is 5.30. The average molecular weight is 395 g/mol. The monoisotopic (exact) mass is 395 g/mol.